The van der Waals surface area contributed by atoms with Gasteiger partial charge in [0.2, 0.25) is 5.82 Å². The van der Waals surface area contributed by atoms with Crippen molar-refractivity contribution in [3.05, 3.63) is 35.1 Å². The third-order valence-electron chi connectivity index (χ3n) is 2.69. The summed E-state index contributed by atoms with van der Waals surface area (Å²) < 4.78 is 7.97. The van der Waals surface area contributed by atoms with E-state index in [2.05, 4.69) is 31.1 Å². The lowest BCUT2D eigenvalue weighted by atomic mass is 10.2. The zero-order chi connectivity index (χ0) is 13.4. The molecule has 0 spiro atoms. The monoisotopic (exact) mass is 319 g/mol. The van der Waals surface area contributed by atoms with Gasteiger partial charge >= 0.3 is 0 Å². The Kier molecular flexibility index (Phi) is 2.83. The molecule has 2 N–H and O–H groups in total. The zero-order valence-corrected chi connectivity index (χ0v) is 11.6. The smallest absolute Gasteiger partial charge is 0.260 e. The molecule has 2 aromatic heterocycles. The molecule has 1 aromatic carbocycles. The van der Waals surface area contributed by atoms with Gasteiger partial charge in [-0.05, 0) is 18.2 Å². The number of anilines is 1. The van der Waals surface area contributed by atoms with Crippen LogP contribution in [0.2, 0.25) is 0 Å². The molecule has 0 atom stereocenters. The summed E-state index contributed by atoms with van der Waals surface area (Å²) in [6.45, 7) is 0. The Hall–Kier alpha value is -2.15. The number of aromatic nitrogens is 4. The maximum absolute atomic E-state index is 5.91. The summed E-state index contributed by atoms with van der Waals surface area (Å²) >= 11 is 3.39. The van der Waals surface area contributed by atoms with Gasteiger partial charge in [0.1, 0.15) is 0 Å². The molecule has 0 radical (unpaired) electrons. The second-order valence-electron chi connectivity index (χ2n) is 4.02. The maximum atomic E-state index is 5.91. The van der Waals surface area contributed by atoms with Gasteiger partial charge in [0.25, 0.3) is 5.89 Å². The van der Waals surface area contributed by atoms with Gasteiger partial charge in [-0.15, -0.1) is 0 Å². The van der Waals surface area contributed by atoms with Gasteiger partial charge in [-0.3, -0.25) is 0 Å². The number of aryl methyl sites for hydroxylation is 1. The highest BCUT2D eigenvalue weighted by atomic mass is 79.9. The lowest BCUT2D eigenvalue weighted by molar-refractivity contribution is 0.432. The van der Waals surface area contributed by atoms with Crippen LogP contribution < -0.4 is 5.73 Å². The average molecular weight is 320 g/mol. The lowest BCUT2D eigenvalue weighted by Crippen LogP contribution is -1.93. The molecule has 2 heterocycles. The van der Waals surface area contributed by atoms with Gasteiger partial charge in [0.05, 0.1) is 5.56 Å². The SMILES string of the molecule is Cn1ccnc1-c1noc(-c2cc(Br)ccc2N)n1. The van der Waals surface area contributed by atoms with E-state index >= 15 is 0 Å². The quantitative estimate of drug-likeness (QED) is 0.734. The molecule has 0 saturated carbocycles. The third-order valence-corrected chi connectivity index (χ3v) is 3.19. The fourth-order valence-electron chi connectivity index (χ4n) is 1.72. The molecule has 3 aromatic rings. The number of nitrogen functional groups attached to an aromatic ring is 1. The number of nitrogens with two attached hydrogens (primary N) is 1. The van der Waals surface area contributed by atoms with Crippen LogP contribution in [-0.4, -0.2) is 19.7 Å². The number of rotatable bonds is 2. The molecule has 96 valence electrons. The molecule has 0 aliphatic heterocycles. The van der Waals surface area contributed by atoms with E-state index in [0.29, 0.717) is 28.8 Å². The first-order valence-corrected chi connectivity index (χ1v) is 6.31. The number of hydrogen-bond acceptors (Lipinski definition) is 5. The Balaban J connectivity index is 2.06. The van der Waals surface area contributed by atoms with Crippen molar-refractivity contribution in [2.45, 2.75) is 0 Å². The summed E-state index contributed by atoms with van der Waals surface area (Å²) in [5.74, 6) is 1.45. The van der Waals surface area contributed by atoms with E-state index in [-0.39, 0.29) is 0 Å². The zero-order valence-electron chi connectivity index (χ0n) is 10.0. The van der Waals surface area contributed by atoms with Crippen LogP contribution in [-0.2, 0) is 7.05 Å². The molecule has 0 bridgehead atoms. The Morgan fingerprint density at radius 1 is 1.37 bits per heavy atom. The van der Waals surface area contributed by atoms with E-state index in [4.69, 9.17) is 10.3 Å². The van der Waals surface area contributed by atoms with E-state index in [9.17, 15) is 0 Å². The minimum absolute atomic E-state index is 0.372. The van der Waals surface area contributed by atoms with Crippen molar-refractivity contribution in [3.63, 3.8) is 0 Å². The second-order valence-corrected chi connectivity index (χ2v) is 4.93. The largest absolute Gasteiger partial charge is 0.398 e. The molecule has 0 fully saturated rings. The molecule has 0 amide bonds. The van der Waals surface area contributed by atoms with Crippen LogP contribution in [0.25, 0.3) is 23.1 Å². The first-order chi connectivity index (χ1) is 9.15. The first kappa shape index (κ1) is 11.9. The molecular weight excluding hydrogens is 310 g/mol. The first-order valence-electron chi connectivity index (χ1n) is 5.52. The molecule has 0 saturated heterocycles. The van der Waals surface area contributed by atoms with E-state index < -0.39 is 0 Å². The van der Waals surface area contributed by atoms with Gasteiger partial charge in [0.15, 0.2) is 5.82 Å². The van der Waals surface area contributed by atoms with Crippen molar-refractivity contribution in [2.24, 2.45) is 7.05 Å². The topological polar surface area (TPSA) is 82.8 Å². The van der Waals surface area contributed by atoms with E-state index in [1.807, 2.05) is 29.9 Å². The minimum Gasteiger partial charge on any atom is -0.398 e. The summed E-state index contributed by atoms with van der Waals surface area (Å²) in [4.78, 5) is 8.49. The number of halogens is 1. The maximum Gasteiger partial charge on any atom is 0.260 e. The van der Waals surface area contributed by atoms with Gasteiger partial charge < -0.3 is 14.8 Å². The Bertz CT molecular complexity index is 733. The fourth-order valence-corrected chi connectivity index (χ4v) is 2.08. The molecule has 7 heteroatoms. The average Bonchev–Trinajstić information content (AvgIpc) is 3.00. The van der Waals surface area contributed by atoms with E-state index in [1.165, 1.54) is 0 Å². The highest BCUT2D eigenvalue weighted by molar-refractivity contribution is 9.10. The van der Waals surface area contributed by atoms with Gasteiger partial charge in [-0.1, -0.05) is 21.1 Å². The van der Waals surface area contributed by atoms with Crippen molar-refractivity contribution in [2.75, 3.05) is 5.73 Å². The Morgan fingerprint density at radius 2 is 2.21 bits per heavy atom. The fraction of sp³-hybridized carbons (Fsp3) is 0.0833. The van der Waals surface area contributed by atoms with Gasteiger partial charge in [-0.25, -0.2) is 4.98 Å². The summed E-state index contributed by atoms with van der Waals surface area (Å²) in [6, 6.07) is 5.48. The normalized spacial score (nSPS) is 10.8. The summed E-state index contributed by atoms with van der Waals surface area (Å²) in [5, 5.41) is 3.93. The highest BCUT2D eigenvalue weighted by Crippen LogP contribution is 2.28. The molecule has 0 aliphatic carbocycles. The van der Waals surface area contributed by atoms with Crippen LogP contribution in [0.4, 0.5) is 5.69 Å². The Morgan fingerprint density at radius 3 is 2.95 bits per heavy atom. The predicted octanol–water partition coefficient (Wildman–Crippen LogP) is 2.48. The molecule has 19 heavy (non-hydrogen) atoms. The van der Waals surface area contributed by atoms with Crippen LogP contribution in [0.3, 0.4) is 0 Å². The molecule has 3 rings (SSSR count). The number of benzene rings is 1. The molecular formula is C12H10BrN5O. The molecule has 6 nitrogen and oxygen atoms in total. The second kappa shape index (κ2) is 4.51. The van der Waals surface area contributed by atoms with Crippen LogP contribution in [0, 0.1) is 0 Å². The lowest BCUT2D eigenvalue weighted by Gasteiger charge is -2.00. The van der Waals surface area contributed by atoms with Gasteiger partial charge in [0, 0.05) is 29.6 Å². The van der Waals surface area contributed by atoms with E-state index in [1.54, 1.807) is 12.3 Å². The number of hydrogen-bond donors (Lipinski definition) is 1. The van der Waals surface area contributed by atoms with Crippen molar-refractivity contribution in [1.82, 2.24) is 19.7 Å². The van der Waals surface area contributed by atoms with Crippen LogP contribution in [0.15, 0.2) is 39.6 Å². The number of nitrogens with zero attached hydrogens (tertiary/aromatic N) is 4. The van der Waals surface area contributed by atoms with Gasteiger partial charge in [-0.2, -0.15) is 4.98 Å². The van der Waals surface area contributed by atoms with Crippen LogP contribution in [0.5, 0.6) is 0 Å². The molecule has 0 aliphatic rings. The predicted molar refractivity (Wildman–Crippen MR) is 74.0 cm³/mol. The Labute approximate surface area is 117 Å². The van der Waals surface area contributed by atoms with Crippen molar-refractivity contribution in [3.8, 4) is 23.1 Å². The third kappa shape index (κ3) is 2.12. The van der Waals surface area contributed by atoms with E-state index in [0.717, 1.165) is 4.47 Å². The van der Waals surface area contributed by atoms with Crippen molar-refractivity contribution < 1.29 is 4.52 Å². The summed E-state index contributed by atoms with van der Waals surface area (Å²) in [5.41, 5.74) is 7.19. The van der Waals surface area contributed by atoms with Crippen LogP contribution in [0.1, 0.15) is 0 Å². The summed E-state index contributed by atoms with van der Waals surface area (Å²) in [7, 11) is 1.87. The van der Waals surface area contributed by atoms with Crippen LogP contribution >= 0.6 is 15.9 Å². The van der Waals surface area contributed by atoms with Crippen molar-refractivity contribution in [1.29, 1.82) is 0 Å². The minimum atomic E-state index is 0.372. The molecule has 0 unspecified atom stereocenters. The summed E-state index contributed by atoms with van der Waals surface area (Å²) in [6.07, 6.45) is 3.50. The van der Waals surface area contributed by atoms with Crippen molar-refractivity contribution >= 4 is 21.6 Å². The number of imidazole rings is 1. The standard InChI is InChI=1S/C12H10BrN5O/c1-18-5-4-15-11(18)10-16-12(19-17-10)8-6-7(13)2-3-9(8)14/h2-6H,14H2,1H3. The highest BCUT2D eigenvalue weighted by Gasteiger charge is 2.15.